The van der Waals surface area contributed by atoms with Crippen LogP contribution in [0.4, 0.5) is 10.2 Å². The fourth-order valence-corrected chi connectivity index (χ4v) is 3.48. The van der Waals surface area contributed by atoms with E-state index in [1.165, 1.54) is 10.7 Å². The van der Waals surface area contributed by atoms with E-state index in [0.29, 0.717) is 30.2 Å². The van der Waals surface area contributed by atoms with E-state index in [4.69, 9.17) is 0 Å². The third-order valence-electron chi connectivity index (χ3n) is 5.10. The topological polar surface area (TPSA) is 63.1 Å². The number of hydrogen-bond acceptors (Lipinski definition) is 4. The number of pyridine rings is 1. The van der Waals surface area contributed by atoms with Crippen molar-refractivity contribution >= 4 is 11.7 Å². The zero-order valence-corrected chi connectivity index (χ0v) is 16.1. The van der Waals surface area contributed by atoms with Crippen LogP contribution in [0.3, 0.4) is 0 Å². The fraction of sp³-hybridized carbons (Fsp3) is 0.286. The van der Waals surface area contributed by atoms with Crippen LogP contribution in [0, 0.1) is 12.7 Å². The zero-order chi connectivity index (χ0) is 19.8. The summed E-state index contributed by atoms with van der Waals surface area (Å²) in [6.45, 7) is 6.96. The lowest BCUT2D eigenvalue weighted by Crippen LogP contribution is -2.22. The third-order valence-corrected chi connectivity index (χ3v) is 5.10. The molecule has 6 nitrogen and oxygen atoms in total. The number of nitrogens with zero attached hydrogens (tertiary/aromatic N) is 4. The Hall–Kier alpha value is -3.22. The SMILES string of the molecule is CCN1Cc2c(ccnc2NC(C)c2ccc(-n3ccc(C)n3)c(F)c2)C1=O. The van der Waals surface area contributed by atoms with Crippen LogP contribution in [0.2, 0.25) is 0 Å². The highest BCUT2D eigenvalue weighted by atomic mass is 19.1. The quantitative estimate of drug-likeness (QED) is 0.731. The van der Waals surface area contributed by atoms with Crippen LogP contribution >= 0.6 is 0 Å². The van der Waals surface area contributed by atoms with E-state index >= 15 is 0 Å². The van der Waals surface area contributed by atoms with Gasteiger partial charge in [-0.2, -0.15) is 5.10 Å². The summed E-state index contributed by atoms with van der Waals surface area (Å²) in [5.74, 6) is 0.356. The number of amides is 1. The number of carbonyl (C=O) groups excluding carboxylic acids is 1. The number of benzene rings is 1. The van der Waals surface area contributed by atoms with Crippen LogP contribution in [0.25, 0.3) is 5.69 Å². The number of carbonyl (C=O) groups is 1. The number of aryl methyl sites for hydroxylation is 1. The molecule has 0 spiro atoms. The molecule has 3 aromatic rings. The monoisotopic (exact) mass is 379 g/mol. The number of hydrogen-bond donors (Lipinski definition) is 1. The van der Waals surface area contributed by atoms with Crippen LogP contribution in [0.1, 0.15) is 47.1 Å². The molecule has 0 aliphatic carbocycles. The van der Waals surface area contributed by atoms with E-state index in [-0.39, 0.29) is 17.8 Å². The van der Waals surface area contributed by atoms with Crippen molar-refractivity contribution in [3.05, 3.63) is 70.9 Å². The summed E-state index contributed by atoms with van der Waals surface area (Å²) < 4.78 is 16.2. The highest BCUT2D eigenvalue weighted by Crippen LogP contribution is 2.30. The Bertz CT molecular complexity index is 1050. The molecule has 3 heterocycles. The molecule has 1 atom stereocenters. The second-order valence-corrected chi connectivity index (χ2v) is 6.98. The Balaban J connectivity index is 1.58. The van der Waals surface area contributed by atoms with Gasteiger partial charge in [-0.15, -0.1) is 0 Å². The van der Waals surface area contributed by atoms with Gasteiger partial charge in [0.05, 0.1) is 18.3 Å². The molecule has 0 bridgehead atoms. The molecule has 144 valence electrons. The second-order valence-electron chi connectivity index (χ2n) is 6.98. The van der Waals surface area contributed by atoms with E-state index < -0.39 is 0 Å². The molecule has 1 aliphatic rings. The summed E-state index contributed by atoms with van der Waals surface area (Å²) in [6, 6.07) is 8.52. The third kappa shape index (κ3) is 3.13. The molecule has 0 saturated carbocycles. The summed E-state index contributed by atoms with van der Waals surface area (Å²) in [6.07, 6.45) is 3.37. The molecule has 0 radical (unpaired) electrons. The van der Waals surface area contributed by atoms with E-state index in [1.807, 2.05) is 32.9 Å². The van der Waals surface area contributed by atoms with Crippen molar-refractivity contribution in [2.45, 2.75) is 33.4 Å². The molecule has 1 unspecified atom stereocenters. The molecule has 1 aromatic carbocycles. The van der Waals surface area contributed by atoms with Crippen molar-refractivity contribution in [1.29, 1.82) is 0 Å². The lowest BCUT2D eigenvalue weighted by Gasteiger charge is -2.18. The standard InChI is InChI=1S/C21H22FN5O/c1-4-26-12-17-16(21(26)28)7-9-23-20(17)24-14(3)15-5-6-19(18(22)11-15)27-10-8-13(2)25-27/h5-11,14H,4,12H2,1-3H3,(H,23,24). The Morgan fingerprint density at radius 1 is 1.29 bits per heavy atom. The number of aromatic nitrogens is 3. The molecular weight excluding hydrogens is 357 g/mol. The summed E-state index contributed by atoms with van der Waals surface area (Å²) in [4.78, 5) is 18.6. The van der Waals surface area contributed by atoms with Gasteiger partial charge in [0.15, 0.2) is 0 Å². The molecule has 28 heavy (non-hydrogen) atoms. The van der Waals surface area contributed by atoms with Gasteiger partial charge in [-0.25, -0.2) is 14.1 Å². The molecule has 7 heteroatoms. The molecule has 2 aromatic heterocycles. The summed E-state index contributed by atoms with van der Waals surface area (Å²) in [5, 5.41) is 7.60. The van der Waals surface area contributed by atoms with Gasteiger partial charge in [-0.05, 0) is 50.6 Å². The van der Waals surface area contributed by atoms with Crippen LogP contribution in [0.5, 0.6) is 0 Å². The molecule has 0 saturated heterocycles. The molecule has 4 rings (SSSR count). The highest BCUT2D eigenvalue weighted by molar-refractivity contribution is 5.99. The number of fused-ring (bicyclic) bond motifs is 1. The Morgan fingerprint density at radius 2 is 2.11 bits per heavy atom. The van der Waals surface area contributed by atoms with Crippen molar-refractivity contribution in [3.8, 4) is 5.69 Å². The largest absolute Gasteiger partial charge is 0.363 e. The average molecular weight is 379 g/mol. The summed E-state index contributed by atoms with van der Waals surface area (Å²) in [7, 11) is 0. The lowest BCUT2D eigenvalue weighted by atomic mass is 10.1. The van der Waals surface area contributed by atoms with Crippen LogP contribution in [-0.2, 0) is 6.54 Å². The van der Waals surface area contributed by atoms with Crippen molar-refractivity contribution in [2.75, 3.05) is 11.9 Å². The zero-order valence-electron chi connectivity index (χ0n) is 16.1. The van der Waals surface area contributed by atoms with Gasteiger partial charge in [-0.1, -0.05) is 6.07 Å². The van der Waals surface area contributed by atoms with Crippen molar-refractivity contribution < 1.29 is 9.18 Å². The normalized spacial score (nSPS) is 14.3. The van der Waals surface area contributed by atoms with Crippen molar-refractivity contribution in [2.24, 2.45) is 0 Å². The van der Waals surface area contributed by atoms with E-state index in [2.05, 4.69) is 15.4 Å². The minimum atomic E-state index is -0.340. The Morgan fingerprint density at radius 3 is 2.79 bits per heavy atom. The van der Waals surface area contributed by atoms with Crippen LogP contribution in [-0.4, -0.2) is 32.1 Å². The van der Waals surface area contributed by atoms with Gasteiger partial charge in [0.25, 0.3) is 5.91 Å². The van der Waals surface area contributed by atoms with E-state index in [1.54, 1.807) is 29.4 Å². The summed E-state index contributed by atoms with van der Waals surface area (Å²) in [5.41, 5.74) is 3.61. The highest BCUT2D eigenvalue weighted by Gasteiger charge is 2.29. The first-order valence-electron chi connectivity index (χ1n) is 9.33. The van der Waals surface area contributed by atoms with E-state index in [0.717, 1.165) is 16.8 Å². The number of anilines is 1. The predicted molar refractivity (Wildman–Crippen MR) is 105 cm³/mol. The lowest BCUT2D eigenvalue weighted by molar-refractivity contribution is 0.0787. The smallest absolute Gasteiger partial charge is 0.254 e. The number of halogens is 1. The van der Waals surface area contributed by atoms with Gasteiger partial charge in [0.2, 0.25) is 0 Å². The van der Waals surface area contributed by atoms with E-state index in [9.17, 15) is 9.18 Å². The fourth-order valence-electron chi connectivity index (χ4n) is 3.48. The summed E-state index contributed by atoms with van der Waals surface area (Å²) >= 11 is 0. The Kier molecular flexibility index (Phi) is 4.58. The molecular formula is C21H22FN5O. The van der Waals surface area contributed by atoms with Crippen molar-refractivity contribution in [3.63, 3.8) is 0 Å². The maximum absolute atomic E-state index is 14.7. The maximum atomic E-state index is 14.7. The Labute approximate surface area is 163 Å². The van der Waals surface area contributed by atoms with Gasteiger partial charge < -0.3 is 10.2 Å². The minimum absolute atomic E-state index is 0.0283. The first-order chi connectivity index (χ1) is 13.5. The number of nitrogens with one attached hydrogen (secondary N) is 1. The number of rotatable bonds is 5. The molecule has 0 fully saturated rings. The second kappa shape index (κ2) is 7.07. The van der Waals surface area contributed by atoms with Crippen LogP contribution in [0.15, 0.2) is 42.7 Å². The maximum Gasteiger partial charge on any atom is 0.254 e. The minimum Gasteiger partial charge on any atom is -0.363 e. The molecule has 1 amide bonds. The van der Waals surface area contributed by atoms with Gasteiger partial charge in [0, 0.05) is 30.1 Å². The van der Waals surface area contributed by atoms with Gasteiger partial charge >= 0.3 is 0 Å². The molecule has 1 N–H and O–H groups in total. The van der Waals surface area contributed by atoms with Crippen molar-refractivity contribution in [1.82, 2.24) is 19.7 Å². The predicted octanol–water partition coefficient (Wildman–Crippen LogP) is 3.86. The molecule has 1 aliphatic heterocycles. The van der Waals surface area contributed by atoms with Crippen LogP contribution < -0.4 is 5.32 Å². The van der Waals surface area contributed by atoms with Gasteiger partial charge in [-0.3, -0.25) is 4.79 Å². The van der Waals surface area contributed by atoms with Gasteiger partial charge in [0.1, 0.15) is 17.3 Å². The average Bonchev–Trinajstić information content (AvgIpc) is 3.25. The first-order valence-corrected chi connectivity index (χ1v) is 9.33. The first kappa shape index (κ1) is 18.2.